The van der Waals surface area contributed by atoms with Crippen molar-refractivity contribution in [1.82, 2.24) is 15.3 Å². The van der Waals surface area contributed by atoms with Gasteiger partial charge in [-0.05, 0) is 37.1 Å². The van der Waals surface area contributed by atoms with E-state index in [1.165, 1.54) is 18.3 Å². The monoisotopic (exact) mass is 344 g/mol. The Hall–Kier alpha value is -2.54. The van der Waals surface area contributed by atoms with Gasteiger partial charge in [0.25, 0.3) is 5.91 Å². The second kappa shape index (κ2) is 7.57. The highest BCUT2D eigenvalue weighted by molar-refractivity contribution is 5.98. The van der Waals surface area contributed by atoms with Crippen molar-refractivity contribution in [1.29, 1.82) is 0 Å². The summed E-state index contributed by atoms with van der Waals surface area (Å²) in [5.41, 5.74) is 1.09. The third-order valence-corrected chi connectivity index (χ3v) is 4.05. The average molecular weight is 344 g/mol. The van der Waals surface area contributed by atoms with E-state index in [0.717, 1.165) is 19.4 Å². The van der Waals surface area contributed by atoms with Crippen molar-refractivity contribution in [2.75, 3.05) is 32.1 Å². The Balaban J connectivity index is 1.81. The molecule has 2 aromatic rings. The van der Waals surface area contributed by atoms with Crippen LogP contribution in [-0.2, 0) is 4.74 Å². The lowest BCUT2D eigenvalue weighted by Crippen LogP contribution is -2.33. The van der Waals surface area contributed by atoms with Gasteiger partial charge in [0, 0.05) is 39.0 Å². The van der Waals surface area contributed by atoms with Crippen molar-refractivity contribution in [2.45, 2.75) is 18.9 Å². The Morgan fingerprint density at radius 2 is 2.12 bits per heavy atom. The third kappa shape index (κ3) is 4.11. The SMILES string of the molecule is CN(C)c1nc(-c2ccc(F)cc2)ncc1C(=O)NCC1CCCO1. The van der Waals surface area contributed by atoms with Crippen molar-refractivity contribution < 1.29 is 13.9 Å². The Labute approximate surface area is 146 Å². The maximum Gasteiger partial charge on any atom is 0.256 e. The molecule has 1 unspecified atom stereocenters. The molecular weight excluding hydrogens is 323 g/mol. The van der Waals surface area contributed by atoms with Crippen LogP contribution in [0.4, 0.5) is 10.2 Å². The van der Waals surface area contributed by atoms with Crippen molar-refractivity contribution in [3.8, 4) is 11.4 Å². The van der Waals surface area contributed by atoms with Gasteiger partial charge in [-0.1, -0.05) is 0 Å². The summed E-state index contributed by atoms with van der Waals surface area (Å²) in [6.07, 6.45) is 3.57. The van der Waals surface area contributed by atoms with Crippen molar-refractivity contribution in [3.63, 3.8) is 0 Å². The van der Waals surface area contributed by atoms with E-state index in [1.807, 2.05) is 14.1 Å². The van der Waals surface area contributed by atoms with Gasteiger partial charge < -0.3 is 15.0 Å². The number of carbonyl (C=O) groups excluding carboxylic acids is 1. The molecule has 0 bridgehead atoms. The van der Waals surface area contributed by atoms with Crippen LogP contribution >= 0.6 is 0 Å². The van der Waals surface area contributed by atoms with Crippen LogP contribution in [-0.4, -0.2) is 49.2 Å². The minimum absolute atomic E-state index is 0.0752. The van der Waals surface area contributed by atoms with Gasteiger partial charge in [0.1, 0.15) is 17.2 Å². The Kier molecular flexibility index (Phi) is 5.23. The van der Waals surface area contributed by atoms with Crippen LogP contribution in [0.25, 0.3) is 11.4 Å². The number of nitrogens with zero attached hydrogens (tertiary/aromatic N) is 3. The molecule has 7 heteroatoms. The zero-order chi connectivity index (χ0) is 17.8. The first-order chi connectivity index (χ1) is 12.0. The van der Waals surface area contributed by atoms with Crippen LogP contribution in [0.5, 0.6) is 0 Å². The van der Waals surface area contributed by atoms with Crippen LogP contribution in [0.15, 0.2) is 30.5 Å². The summed E-state index contributed by atoms with van der Waals surface area (Å²) in [6.45, 7) is 1.23. The zero-order valence-electron chi connectivity index (χ0n) is 14.3. The molecule has 132 valence electrons. The maximum atomic E-state index is 13.1. The van der Waals surface area contributed by atoms with Gasteiger partial charge in [-0.2, -0.15) is 0 Å². The minimum Gasteiger partial charge on any atom is -0.376 e. The predicted octanol–water partition coefficient (Wildman–Crippen LogP) is 2.26. The second-order valence-electron chi connectivity index (χ2n) is 6.18. The van der Waals surface area contributed by atoms with E-state index in [9.17, 15) is 9.18 Å². The molecule has 1 aromatic carbocycles. The Morgan fingerprint density at radius 3 is 2.76 bits per heavy atom. The van der Waals surface area contributed by atoms with Gasteiger partial charge in [0.15, 0.2) is 5.82 Å². The molecule has 1 saturated heterocycles. The number of aromatic nitrogens is 2. The number of amides is 1. The number of benzene rings is 1. The fraction of sp³-hybridized carbons (Fsp3) is 0.389. The number of hydrogen-bond acceptors (Lipinski definition) is 5. The fourth-order valence-electron chi connectivity index (χ4n) is 2.72. The lowest BCUT2D eigenvalue weighted by molar-refractivity contribution is 0.0857. The Morgan fingerprint density at radius 1 is 1.36 bits per heavy atom. The summed E-state index contributed by atoms with van der Waals surface area (Å²) < 4.78 is 18.6. The summed E-state index contributed by atoms with van der Waals surface area (Å²) >= 11 is 0. The lowest BCUT2D eigenvalue weighted by atomic mass is 10.2. The molecule has 1 aromatic heterocycles. The summed E-state index contributed by atoms with van der Waals surface area (Å²) in [5.74, 6) is 0.408. The lowest BCUT2D eigenvalue weighted by Gasteiger charge is -2.17. The molecule has 1 fully saturated rings. The third-order valence-electron chi connectivity index (χ3n) is 4.05. The van der Waals surface area contributed by atoms with E-state index < -0.39 is 0 Å². The number of halogens is 1. The summed E-state index contributed by atoms with van der Waals surface area (Å²) in [7, 11) is 3.63. The second-order valence-corrected chi connectivity index (χ2v) is 6.18. The number of rotatable bonds is 5. The molecule has 1 aliphatic heterocycles. The first kappa shape index (κ1) is 17.3. The summed E-state index contributed by atoms with van der Waals surface area (Å²) in [6, 6.07) is 5.94. The van der Waals surface area contributed by atoms with Crippen molar-refractivity contribution in [3.05, 3.63) is 41.8 Å². The molecule has 25 heavy (non-hydrogen) atoms. The molecule has 1 amide bonds. The van der Waals surface area contributed by atoms with Crippen LogP contribution in [0.3, 0.4) is 0 Å². The van der Waals surface area contributed by atoms with Gasteiger partial charge in [0.05, 0.1) is 6.10 Å². The van der Waals surface area contributed by atoms with Crippen LogP contribution in [0, 0.1) is 5.82 Å². The van der Waals surface area contributed by atoms with Gasteiger partial charge in [-0.15, -0.1) is 0 Å². The predicted molar refractivity (Wildman–Crippen MR) is 93.1 cm³/mol. The number of hydrogen-bond donors (Lipinski definition) is 1. The minimum atomic E-state index is -0.318. The highest BCUT2D eigenvalue weighted by Gasteiger charge is 2.20. The van der Waals surface area contributed by atoms with E-state index in [1.54, 1.807) is 17.0 Å². The summed E-state index contributed by atoms with van der Waals surface area (Å²) in [4.78, 5) is 23.0. The summed E-state index contributed by atoms with van der Waals surface area (Å²) in [5, 5.41) is 2.88. The molecule has 0 aliphatic carbocycles. The van der Waals surface area contributed by atoms with E-state index in [2.05, 4.69) is 15.3 Å². The van der Waals surface area contributed by atoms with Gasteiger partial charge in [0.2, 0.25) is 0 Å². The van der Waals surface area contributed by atoms with E-state index in [-0.39, 0.29) is 17.8 Å². The number of ether oxygens (including phenoxy) is 1. The first-order valence-electron chi connectivity index (χ1n) is 8.24. The van der Waals surface area contributed by atoms with Crippen LogP contribution in [0.2, 0.25) is 0 Å². The van der Waals surface area contributed by atoms with Crippen LogP contribution in [0.1, 0.15) is 23.2 Å². The first-order valence-corrected chi connectivity index (χ1v) is 8.24. The van der Waals surface area contributed by atoms with E-state index in [4.69, 9.17) is 4.74 Å². The quantitative estimate of drug-likeness (QED) is 0.901. The Bertz CT molecular complexity index is 743. The topological polar surface area (TPSA) is 67.4 Å². The highest BCUT2D eigenvalue weighted by Crippen LogP contribution is 2.21. The molecule has 1 atom stereocenters. The van der Waals surface area contributed by atoms with E-state index in [0.29, 0.717) is 29.3 Å². The standard InChI is InChI=1S/C18H21FN4O2/c1-23(2)17-15(18(24)21-10-14-4-3-9-25-14)11-20-16(22-17)12-5-7-13(19)8-6-12/h5-8,11,14H,3-4,9-10H2,1-2H3,(H,21,24). The molecule has 6 nitrogen and oxygen atoms in total. The molecule has 0 spiro atoms. The van der Waals surface area contributed by atoms with Crippen molar-refractivity contribution in [2.24, 2.45) is 0 Å². The number of carbonyl (C=O) groups is 1. The highest BCUT2D eigenvalue weighted by atomic mass is 19.1. The molecule has 2 heterocycles. The zero-order valence-corrected chi connectivity index (χ0v) is 14.3. The maximum absolute atomic E-state index is 13.1. The van der Waals surface area contributed by atoms with Gasteiger partial charge in [-0.3, -0.25) is 4.79 Å². The van der Waals surface area contributed by atoms with Gasteiger partial charge in [-0.25, -0.2) is 14.4 Å². The fourth-order valence-corrected chi connectivity index (χ4v) is 2.72. The molecule has 1 N–H and O–H groups in total. The molecular formula is C18H21FN4O2. The average Bonchev–Trinajstić information content (AvgIpc) is 3.13. The number of anilines is 1. The molecule has 0 radical (unpaired) electrons. The molecule has 0 saturated carbocycles. The van der Waals surface area contributed by atoms with Gasteiger partial charge >= 0.3 is 0 Å². The molecule has 1 aliphatic rings. The largest absolute Gasteiger partial charge is 0.376 e. The van der Waals surface area contributed by atoms with Crippen molar-refractivity contribution >= 4 is 11.7 Å². The van der Waals surface area contributed by atoms with E-state index >= 15 is 0 Å². The smallest absolute Gasteiger partial charge is 0.256 e. The molecule has 3 rings (SSSR count). The number of nitrogens with one attached hydrogen (secondary N) is 1. The van der Waals surface area contributed by atoms with Crippen LogP contribution < -0.4 is 10.2 Å². The normalized spacial score (nSPS) is 16.7.